The summed E-state index contributed by atoms with van der Waals surface area (Å²) in [7, 11) is 1.61. The number of hydrogen-bond donors (Lipinski definition) is 1. The number of methoxy groups -OCH3 is 1. The van der Waals surface area contributed by atoms with Crippen molar-refractivity contribution in [2.24, 2.45) is 0 Å². The van der Waals surface area contributed by atoms with Gasteiger partial charge in [-0.25, -0.2) is 4.79 Å². The van der Waals surface area contributed by atoms with Gasteiger partial charge >= 0.3 is 6.03 Å². The maximum Gasteiger partial charge on any atom is 0.322 e. The van der Waals surface area contributed by atoms with E-state index in [4.69, 9.17) is 20.9 Å². The monoisotopic (exact) mass is 398 g/mol. The van der Waals surface area contributed by atoms with Crippen LogP contribution in [0.1, 0.15) is 24.8 Å². The standard InChI is InChI=1S/C20H19ClN4O3/c1-27-16-8-2-5-13(11-16)18-23-19(28-24-18)17-9-4-10-25(17)20(26)22-15-7-3-6-14(21)12-15/h2-3,5-8,11-12,17H,4,9-10H2,1H3,(H,22,26)/t17-/m0/s1. The van der Waals surface area contributed by atoms with Gasteiger partial charge in [0.05, 0.1) is 7.11 Å². The lowest BCUT2D eigenvalue weighted by Gasteiger charge is -2.22. The minimum absolute atomic E-state index is 0.217. The predicted octanol–water partition coefficient (Wildman–Crippen LogP) is 4.77. The van der Waals surface area contributed by atoms with Gasteiger partial charge in [-0.1, -0.05) is 35.0 Å². The second-order valence-electron chi connectivity index (χ2n) is 6.48. The molecule has 8 heteroatoms. The van der Waals surface area contributed by atoms with Crippen molar-refractivity contribution >= 4 is 23.3 Å². The molecule has 28 heavy (non-hydrogen) atoms. The predicted molar refractivity (Wildman–Crippen MR) is 105 cm³/mol. The van der Waals surface area contributed by atoms with E-state index in [1.165, 1.54) is 0 Å². The molecule has 3 aromatic rings. The van der Waals surface area contributed by atoms with Gasteiger partial charge in [-0.3, -0.25) is 0 Å². The van der Waals surface area contributed by atoms with E-state index in [0.717, 1.165) is 18.4 Å². The highest BCUT2D eigenvalue weighted by Crippen LogP contribution is 2.33. The normalized spacial score (nSPS) is 16.2. The summed E-state index contributed by atoms with van der Waals surface area (Å²) in [6.07, 6.45) is 1.63. The molecule has 0 saturated carbocycles. The zero-order chi connectivity index (χ0) is 19.5. The molecule has 144 valence electrons. The van der Waals surface area contributed by atoms with Crippen LogP contribution in [0, 0.1) is 0 Å². The van der Waals surface area contributed by atoms with Crippen molar-refractivity contribution in [1.82, 2.24) is 15.0 Å². The van der Waals surface area contributed by atoms with E-state index in [9.17, 15) is 4.79 Å². The van der Waals surface area contributed by atoms with Crippen LogP contribution < -0.4 is 10.1 Å². The molecule has 1 saturated heterocycles. The number of nitrogens with zero attached hydrogens (tertiary/aromatic N) is 3. The van der Waals surface area contributed by atoms with Gasteiger partial charge in [0.25, 0.3) is 0 Å². The Bertz CT molecular complexity index is 991. The Morgan fingerprint density at radius 1 is 1.29 bits per heavy atom. The van der Waals surface area contributed by atoms with Crippen LogP contribution in [0.3, 0.4) is 0 Å². The largest absolute Gasteiger partial charge is 0.497 e. The van der Waals surface area contributed by atoms with Crippen LogP contribution in [-0.4, -0.2) is 34.7 Å². The molecule has 0 bridgehead atoms. The fraction of sp³-hybridized carbons (Fsp3) is 0.250. The summed E-state index contributed by atoms with van der Waals surface area (Å²) in [5, 5.41) is 7.52. The highest BCUT2D eigenvalue weighted by atomic mass is 35.5. The Morgan fingerprint density at radius 2 is 2.14 bits per heavy atom. The quantitative estimate of drug-likeness (QED) is 0.684. The number of rotatable bonds is 4. The fourth-order valence-corrected chi connectivity index (χ4v) is 3.47. The third kappa shape index (κ3) is 3.80. The van der Waals surface area contributed by atoms with E-state index in [2.05, 4.69) is 15.5 Å². The Kier molecular flexibility index (Phi) is 5.16. The summed E-state index contributed by atoms with van der Waals surface area (Å²) in [6, 6.07) is 14.0. The lowest BCUT2D eigenvalue weighted by molar-refractivity contribution is 0.193. The summed E-state index contributed by atoms with van der Waals surface area (Å²) in [6.45, 7) is 0.619. The summed E-state index contributed by atoms with van der Waals surface area (Å²) >= 11 is 5.99. The molecule has 1 atom stereocenters. The molecule has 0 radical (unpaired) electrons. The van der Waals surface area contributed by atoms with Crippen LogP contribution in [0.2, 0.25) is 5.02 Å². The van der Waals surface area contributed by atoms with Crippen molar-refractivity contribution in [2.75, 3.05) is 19.0 Å². The molecule has 1 N–H and O–H groups in total. The second-order valence-corrected chi connectivity index (χ2v) is 6.92. The second kappa shape index (κ2) is 7.90. The Morgan fingerprint density at radius 3 is 2.96 bits per heavy atom. The first-order valence-corrected chi connectivity index (χ1v) is 9.33. The highest BCUT2D eigenvalue weighted by molar-refractivity contribution is 6.30. The van der Waals surface area contributed by atoms with Crippen LogP contribution in [0.15, 0.2) is 53.1 Å². The van der Waals surface area contributed by atoms with Crippen LogP contribution in [0.5, 0.6) is 5.75 Å². The molecule has 1 fully saturated rings. The summed E-state index contributed by atoms with van der Waals surface area (Å²) in [5.41, 5.74) is 1.44. The van der Waals surface area contributed by atoms with Crippen molar-refractivity contribution < 1.29 is 14.1 Å². The number of anilines is 1. The molecular weight excluding hydrogens is 380 g/mol. The van der Waals surface area contributed by atoms with E-state index in [-0.39, 0.29) is 12.1 Å². The summed E-state index contributed by atoms with van der Waals surface area (Å²) < 4.78 is 10.7. The number of halogens is 1. The molecular formula is C20H19ClN4O3. The maximum atomic E-state index is 12.7. The molecule has 0 spiro atoms. The third-order valence-electron chi connectivity index (χ3n) is 4.64. The van der Waals surface area contributed by atoms with Gasteiger partial charge in [0.15, 0.2) is 0 Å². The highest BCUT2D eigenvalue weighted by Gasteiger charge is 2.34. The Balaban J connectivity index is 1.52. The van der Waals surface area contributed by atoms with Crippen molar-refractivity contribution in [2.45, 2.75) is 18.9 Å². The van der Waals surface area contributed by atoms with Crippen LogP contribution >= 0.6 is 11.6 Å². The minimum Gasteiger partial charge on any atom is -0.497 e. The lowest BCUT2D eigenvalue weighted by atomic mass is 10.2. The van der Waals surface area contributed by atoms with Gasteiger partial charge in [0.1, 0.15) is 11.8 Å². The van der Waals surface area contributed by atoms with E-state index < -0.39 is 0 Å². The molecule has 0 unspecified atom stereocenters. The third-order valence-corrected chi connectivity index (χ3v) is 4.88. The first kappa shape index (κ1) is 18.3. The first-order valence-electron chi connectivity index (χ1n) is 8.95. The van der Waals surface area contributed by atoms with Crippen LogP contribution in [0.4, 0.5) is 10.5 Å². The molecule has 1 aliphatic rings. The van der Waals surface area contributed by atoms with E-state index in [0.29, 0.717) is 34.7 Å². The first-order chi connectivity index (χ1) is 13.6. The molecule has 2 amide bonds. The van der Waals surface area contributed by atoms with Crippen molar-refractivity contribution in [1.29, 1.82) is 0 Å². The smallest absolute Gasteiger partial charge is 0.322 e. The zero-order valence-corrected chi connectivity index (χ0v) is 16.0. The van der Waals surface area contributed by atoms with Gasteiger partial charge in [0, 0.05) is 22.8 Å². The number of urea groups is 1. The number of benzene rings is 2. The van der Waals surface area contributed by atoms with E-state index in [1.54, 1.807) is 36.3 Å². The van der Waals surface area contributed by atoms with Gasteiger partial charge < -0.3 is 19.5 Å². The topological polar surface area (TPSA) is 80.5 Å². The number of carbonyl (C=O) groups excluding carboxylic acids is 1. The van der Waals surface area contributed by atoms with Crippen molar-refractivity contribution in [3.63, 3.8) is 0 Å². The molecule has 2 heterocycles. The van der Waals surface area contributed by atoms with Crippen LogP contribution in [0.25, 0.3) is 11.4 Å². The van der Waals surface area contributed by atoms with Crippen molar-refractivity contribution in [3.05, 3.63) is 59.4 Å². The van der Waals surface area contributed by atoms with Gasteiger partial charge in [-0.05, 0) is 43.2 Å². The number of ether oxygens (including phenoxy) is 1. The number of nitrogens with one attached hydrogen (secondary N) is 1. The van der Waals surface area contributed by atoms with E-state index >= 15 is 0 Å². The van der Waals surface area contributed by atoms with Gasteiger partial charge in [-0.15, -0.1) is 0 Å². The SMILES string of the molecule is COc1cccc(-c2noc([C@@H]3CCCN3C(=O)Nc3cccc(Cl)c3)n2)c1. The zero-order valence-electron chi connectivity index (χ0n) is 15.3. The molecule has 1 aliphatic heterocycles. The molecule has 1 aromatic heterocycles. The average molecular weight is 399 g/mol. The number of carbonyl (C=O) groups is 1. The van der Waals surface area contributed by atoms with Crippen molar-refractivity contribution in [3.8, 4) is 17.1 Å². The molecule has 0 aliphatic carbocycles. The van der Waals surface area contributed by atoms with Gasteiger partial charge in [0.2, 0.25) is 11.7 Å². The maximum absolute atomic E-state index is 12.7. The number of amides is 2. The number of hydrogen-bond acceptors (Lipinski definition) is 5. The molecule has 2 aromatic carbocycles. The Hall–Kier alpha value is -3.06. The van der Waals surface area contributed by atoms with Crippen LogP contribution in [-0.2, 0) is 0 Å². The molecule has 4 rings (SSSR count). The summed E-state index contributed by atoms with van der Waals surface area (Å²) in [5.74, 6) is 1.61. The average Bonchev–Trinajstić information content (AvgIpc) is 3.37. The fourth-order valence-electron chi connectivity index (χ4n) is 3.28. The number of likely N-dealkylation sites (tertiary alicyclic amines) is 1. The number of aromatic nitrogens is 2. The lowest BCUT2D eigenvalue weighted by Crippen LogP contribution is -2.34. The minimum atomic E-state index is -0.258. The van der Waals surface area contributed by atoms with E-state index in [1.807, 2.05) is 24.3 Å². The summed E-state index contributed by atoms with van der Waals surface area (Å²) in [4.78, 5) is 19.0. The Labute approximate surface area is 167 Å². The molecule has 7 nitrogen and oxygen atoms in total. The van der Waals surface area contributed by atoms with Gasteiger partial charge in [-0.2, -0.15) is 4.98 Å².